The highest BCUT2D eigenvalue weighted by atomic mass is 16.5. The van der Waals surface area contributed by atoms with Crippen LogP contribution in [-0.4, -0.2) is 23.0 Å². The van der Waals surface area contributed by atoms with Crippen molar-refractivity contribution in [2.75, 3.05) is 0 Å². The summed E-state index contributed by atoms with van der Waals surface area (Å²) in [5, 5.41) is 3.53. The minimum atomic E-state index is -0.290. The Hall–Kier alpha value is -2.40. The Balaban J connectivity index is 1.61. The van der Waals surface area contributed by atoms with Crippen molar-refractivity contribution < 1.29 is 14.3 Å². The van der Waals surface area contributed by atoms with Crippen LogP contribution in [0, 0.1) is 12.8 Å². The summed E-state index contributed by atoms with van der Waals surface area (Å²) in [5.74, 6) is 1.18. The van der Waals surface area contributed by atoms with Crippen LogP contribution in [0.4, 0.5) is 0 Å². The Morgan fingerprint density at radius 1 is 1.10 bits per heavy atom. The predicted octanol–water partition coefficient (Wildman–Crippen LogP) is 5.17. The fourth-order valence-electron chi connectivity index (χ4n) is 3.65. The number of aryl methyl sites for hydroxylation is 1. The standard InChI is InChI=1S/C24H32N2O3/c1-17(2)23(25-19-10-6-4-7-11-19)24(27)28-16-21-18(3)14-15-22(26-21)29-20-12-8-5-9-13-20/h5,8-9,12-15,17,19,23,25H,4,6-7,10-11,16H2,1-3H3. The number of nitrogens with one attached hydrogen (secondary N) is 1. The second-order valence-corrected chi connectivity index (χ2v) is 8.16. The fraction of sp³-hybridized carbons (Fsp3) is 0.500. The maximum absolute atomic E-state index is 12.8. The maximum atomic E-state index is 12.8. The largest absolute Gasteiger partial charge is 0.458 e. The van der Waals surface area contributed by atoms with Crippen molar-refractivity contribution in [1.82, 2.24) is 10.3 Å². The number of para-hydroxylation sites is 1. The molecule has 1 aromatic carbocycles. The van der Waals surface area contributed by atoms with Gasteiger partial charge in [0.05, 0.1) is 5.69 Å². The van der Waals surface area contributed by atoms with Crippen molar-refractivity contribution in [1.29, 1.82) is 0 Å². The molecule has 1 saturated carbocycles. The first-order valence-electron chi connectivity index (χ1n) is 10.6. The molecule has 1 aliphatic carbocycles. The van der Waals surface area contributed by atoms with Gasteiger partial charge in [-0.05, 0) is 43.4 Å². The van der Waals surface area contributed by atoms with Gasteiger partial charge in [0, 0.05) is 12.1 Å². The SMILES string of the molecule is Cc1ccc(Oc2ccccc2)nc1COC(=O)C(NC1CCCCC1)C(C)C. The molecule has 5 heteroatoms. The lowest BCUT2D eigenvalue weighted by molar-refractivity contribution is -0.149. The minimum absolute atomic E-state index is 0.145. The molecule has 1 aromatic heterocycles. The van der Waals surface area contributed by atoms with E-state index in [1.165, 1.54) is 19.3 Å². The third-order valence-corrected chi connectivity index (χ3v) is 5.43. The lowest BCUT2D eigenvalue weighted by Gasteiger charge is -2.29. The van der Waals surface area contributed by atoms with E-state index in [-0.39, 0.29) is 24.5 Å². The summed E-state index contributed by atoms with van der Waals surface area (Å²) in [6, 6.07) is 13.4. The van der Waals surface area contributed by atoms with Gasteiger partial charge < -0.3 is 14.8 Å². The zero-order valence-electron chi connectivity index (χ0n) is 17.7. The number of hydrogen-bond acceptors (Lipinski definition) is 5. The number of rotatable bonds is 8. The molecular weight excluding hydrogens is 364 g/mol. The Labute approximate surface area is 173 Å². The first-order valence-corrected chi connectivity index (χ1v) is 10.6. The molecule has 5 nitrogen and oxygen atoms in total. The van der Waals surface area contributed by atoms with Gasteiger partial charge in [-0.25, -0.2) is 4.98 Å². The molecule has 156 valence electrons. The van der Waals surface area contributed by atoms with E-state index in [0.717, 1.165) is 24.2 Å². The van der Waals surface area contributed by atoms with E-state index in [1.807, 2.05) is 49.4 Å². The van der Waals surface area contributed by atoms with Gasteiger partial charge in [0.25, 0.3) is 0 Å². The molecule has 1 aliphatic rings. The molecule has 0 spiro atoms. The van der Waals surface area contributed by atoms with E-state index in [2.05, 4.69) is 24.1 Å². The molecule has 0 amide bonds. The highest BCUT2D eigenvalue weighted by Gasteiger charge is 2.27. The van der Waals surface area contributed by atoms with Gasteiger partial charge >= 0.3 is 5.97 Å². The van der Waals surface area contributed by atoms with Gasteiger partial charge in [-0.1, -0.05) is 57.4 Å². The van der Waals surface area contributed by atoms with Crippen LogP contribution in [0.5, 0.6) is 11.6 Å². The summed E-state index contributed by atoms with van der Waals surface area (Å²) in [5.41, 5.74) is 1.69. The molecule has 0 bridgehead atoms. The van der Waals surface area contributed by atoms with Crippen LogP contribution in [0.15, 0.2) is 42.5 Å². The number of carbonyl (C=O) groups excluding carboxylic acids is 1. The van der Waals surface area contributed by atoms with Gasteiger partial charge in [-0.3, -0.25) is 4.79 Å². The number of ether oxygens (including phenoxy) is 2. The minimum Gasteiger partial charge on any atom is -0.458 e. The highest BCUT2D eigenvalue weighted by molar-refractivity contribution is 5.76. The maximum Gasteiger partial charge on any atom is 0.323 e. The summed E-state index contributed by atoms with van der Waals surface area (Å²) >= 11 is 0. The Kier molecular flexibility index (Phi) is 7.64. The zero-order valence-corrected chi connectivity index (χ0v) is 17.7. The molecular formula is C24H32N2O3. The molecule has 0 aliphatic heterocycles. The van der Waals surface area contributed by atoms with Gasteiger partial charge in [0.2, 0.25) is 5.88 Å². The first kappa shape index (κ1) is 21.3. The topological polar surface area (TPSA) is 60.5 Å². The summed E-state index contributed by atoms with van der Waals surface area (Å²) in [6.45, 7) is 6.22. The second-order valence-electron chi connectivity index (χ2n) is 8.16. The lowest BCUT2D eigenvalue weighted by atomic mass is 9.93. The van der Waals surface area contributed by atoms with Crippen molar-refractivity contribution in [2.45, 2.75) is 71.6 Å². The third-order valence-electron chi connectivity index (χ3n) is 5.43. The van der Waals surface area contributed by atoms with Crippen LogP contribution >= 0.6 is 0 Å². The average Bonchev–Trinajstić information content (AvgIpc) is 2.73. The van der Waals surface area contributed by atoms with Crippen LogP contribution in [0.3, 0.4) is 0 Å². The number of nitrogens with zero attached hydrogens (tertiary/aromatic N) is 1. The van der Waals surface area contributed by atoms with E-state index in [9.17, 15) is 4.79 Å². The zero-order chi connectivity index (χ0) is 20.6. The van der Waals surface area contributed by atoms with Crippen LogP contribution < -0.4 is 10.1 Å². The third kappa shape index (κ3) is 6.29. The van der Waals surface area contributed by atoms with E-state index < -0.39 is 0 Å². The molecule has 1 unspecified atom stereocenters. The number of carbonyl (C=O) groups is 1. The molecule has 0 radical (unpaired) electrons. The normalized spacial score (nSPS) is 15.9. The predicted molar refractivity (Wildman–Crippen MR) is 114 cm³/mol. The molecule has 3 rings (SSSR count). The second kappa shape index (κ2) is 10.4. The van der Waals surface area contributed by atoms with E-state index >= 15 is 0 Å². The van der Waals surface area contributed by atoms with Crippen molar-refractivity contribution >= 4 is 5.97 Å². The van der Waals surface area contributed by atoms with E-state index in [0.29, 0.717) is 17.6 Å². The number of hydrogen-bond donors (Lipinski definition) is 1. The van der Waals surface area contributed by atoms with Gasteiger partial charge in [0.15, 0.2) is 0 Å². The fourth-order valence-corrected chi connectivity index (χ4v) is 3.65. The number of esters is 1. The first-order chi connectivity index (χ1) is 14.0. The Morgan fingerprint density at radius 2 is 1.83 bits per heavy atom. The summed E-state index contributed by atoms with van der Waals surface area (Å²) in [7, 11) is 0. The van der Waals surface area contributed by atoms with Crippen molar-refractivity contribution in [2.24, 2.45) is 5.92 Å². The van der Waals surface area contributed by atoms with Gasteiger partial charge in [0.1, 0.15) is 18.4 Å². The van der Waals surface area contributed by atoms with Crippen molar-refractivity contribution in [3.05, 3.63) is 53.7 Å². The number of pyridine rings is 1. The summed E-state index contributed by atoms with van der Waals surface area (Å²) < 4.78 is 11.5. The summed E-state index contributed by atoms with van der Waals surface area (Å²) in [6.07, 6.45) is 6.02. The molecule has 1 atom stereocenters. The highest BCUT2D eigenvalue weighted by Crippen LogP contribution is 2.22. The average molecular weight is 397 g/mol. The molecule has 2 aromatic rings. The summed E-state index contributed by atoms with van der Waals surface area (Å²) in [4.78, 5) is 17.3. The van der Waals surface area contributed by atoms with Crippen LogP contribution in [0.1, 0.15) is 57.2 Å². The van der Waals surface area contributed by atoms with Crippen LogP contribution in [-0.2, 0) is 16.1 Å². The van der Waals surface area contributed by atoms with Crippen LogP contribution in [0.25, 0.3) is 0 Å². The van der Waals surface area contributed by atoms with Crippen molar-refractivity contribution in [3.63, 3.8) is 0 Å². The molecule has 1 N–H and O–H groups in total. The molecule has 0 saturated heterocycles. The van der Waals surface area contributed by atoms with Gasteiger partial charge in [-0.2, -0.15) is 0 Å². The monoisotopic (exact) mass is 396 g/mol. The molecule has 29 heavy (non-hydrogen) atoms. The smallest absolute Gasteiger partial charge is 0.323 e. The molecule has 1 fully saturated rings. The van der Waals surface area contributed by atoms with Crippen LogP contribution in [0.2, 0.25) is 0 Å². The van der Waals surface area contributed by atoms with E-state index in [1.54, 1.807) is 0 Å². The lowest BCUT2D eigenvalue weighted by Crippen LogP contribution is -2.47. The number of aromatic nitrogens is 1. The Bertz CT molecular complexity index is 786. The van der Waals surface area contributed by atoms with E-state index in [4.69, 9.17) is 9.47 Å². The van der Waals surface area contributed by atoms with Gasteiger partial charge in [-0.15, -0.1) is 0 Å². The number of benzene rings is 1. The van der Waals surface area contributed by atoms with Crippen molar-refractivity contribution in [3.8, 4) is 11.6 Å². The molecule has 1 heterocycles. The Morgan fingerprint density at radius 3 is 2.52 bits per heavy atom. The quantitative estimate of drug-likeness (QED) is 0.624.